The summed E-state index contributed by atoms with van der Waals surface area (Å²) in [5, 5.41) is 3.67. The van der Waals surface area contributed by atoms with Crippen LogP contribution in [0, 0.1) is 18.8 Å². The normalized spacial score (nSPS) is 24.9. The molecule has 1 heterocycles. The molecule has 1 aliphatic rings. The van der Waals surface area contributed by atoms with Crippen molar-refractivity contribution >= 4 is 5.69 Å². The third-order valence-corrected chi connectivity index (χ3v) is 4.06. The van der Waals surface area contributed by atoms with Gasteiger partial charge in [0, 0.05) is 12.2 Å². The molecule has 0 saturated heterocycles. The minimum atomic E-state index is 0.638. The molecule has 1 aromatic rings. The van der Waals surface area contributed by atoms with E-state index >= 15 is 0 Å². The summed E-state index contributed by atoms with van der Waals surface area (Å²) in [5.74, 6) is 1.70. The molecule has 2 unspecified atom stereocenters. The fourth-order valence-corrected chi connectivity index (χ4v) is 2.80. The second kappa shape index (κ2) is 5.52. The fraction of sp³-hybridized carbons (Fsp3) is 0.667. The molecule has 0 amide bonds. The molecular weight excluding hydrogens is 208 g/mol. The van der Waals surface area contributed by atoms with Gasteiger partial charge in [0.25, 0.3) is 0 Å². The highest BCUT2D eigenvalue weighted by Crippen LogP contribution is 2.31. The van der Waals surface area contributed by atoms with Crippen LogP contribution in [0.4, 0.5) is 5.69 Å². The minimum absolute atomic E-state index is 0.638. The molecular formula is C15H24N2. The van der Waals surface area contributed by atoms with Crippen LogP contribution in [0.3, 0.4) is 0 Å². The highest BCUT2D eigenvalue weighted by atomic mass is 14.9. The van der Waals surface area contributed by atoms with E-state index in [0.717, 1.165) is 11.8 Å². The molecule has 1 aromatic heterocycles. The Morgan fingerprint density at radius 1 is 1.35 bits per heavy atom. The SMILES string of the molecule is Cc1ccncc1NC1CCCC(C(C)C)C1. The van der Waals surface area contributed by atoms with Crippen molar-refractivity contribution < 1.29 is 0 Å². The van der Waals surface area contributed by atoms with Crippen LogP contribution in [0.5, 0.6) is 0 Å². The first-order valence-corrected chi connectivity index (χ1v) is 6.84. The predicted octanol–water partition coefficient (Wildman–Crippen LogP) is 4.02. The van der Waals surface area contributed by atoms with Gasteiger partial charge in [-0.15, -0.1) is 0 Å². The van der Waals surface area contributed by atoms with Crippen molar-refractivity contribution in [1.29, 1.82) is 0 Å². The molecule has 0 aliphatic heterocycles. The number of aryl methyl sites for hydroxylation is 1. The highest BCUT2D eigenvalue weighted by molar-refractivity contribution is 5.48. The van der Waals surface area contributed by atoms with Crippen molar-refractivity contribution in [2.45, 2.75) is 52.5 Å². The number of aromatic nitrogens is 1. The zero-order valence-corrected chi connectivity index (χ0v) is 11.2. The monoisotopic (exact) mass is 232 g/mol. The van der Waals surface area contributed by atoms with Crippen molar-refractivity contribution in [2.24, 2.45) is 11.8 Å². The molecule has 1 fully saturated rings. The Hall–Kier alpha value is -1.05. The fourth-order valence-electron chi connectivity index (χ4n) is 2.80. The van der Waals surface area contributed by atoms with Crippen LogP contribution in [-0.2, 0) is 0 Å². The lowest BCUT2D eigenvalue weighted by atomic mass is 9.79. The maximum Gasteiger partial charge on any atom is 0.0558 e. The molecule has 0 spiro atoms. The summed E-state index contributed by atoms with van der Waals surface area (Å²) in [5.41, 5.74) is 2.51. The smallest absolute Gasteiger partial charge is 0.0558 e. The van der Waals surface area contributed by atoms with Crippen LogP contribution in [0.1, 0.15) is 45.1 Å². The van der Waals surface area contributed by atoms with Crippen molar-refractivity contribution in [3.8, 4) is 0 Å². The summed E-state index contributed by atoms with van der Waals surface area (Å²) in [6, 6.07) is 2.71. The Morgan fingerprint density at radius 2 is 2.18 bits per heavy atom. The number of nitrogens with zero attached hydrogens (tertiary/aromatic N) is 1. The van der Waals surface area contributed by atoms with Crippen molar-refractivity contribution in [3.05, 3.63) is 24.0 Å². The van der Waals surface area contributed by atoms with Crippen LogP contribution in [0.15, 0.2) is 18.5 Å². The number of hydrogen-bond acceptors (Lipinski definition) is 2. The molecule has 1 saturated carbocycles. The number of anilines is 1. The summed E-state index contributed by atoms with van der Waals surface area (Å²) in [6.07, 6.45) is 9.19. The van der Waals surface area contributed by atoms with Crippen molar-refractivity contribution in [1.82, 2.24) is 4.98 Å². The van der Waals surface area contributed by atoms with Gasteiger partial charge in [0.05, 0.1) is 11.9 Å². The highest BCUT2D eigenvalue weighted by Gasteiger charge is 2.24. The maximum absolute atomic E-state index is 4.20. The molecule has 0 radical (unpaired) electrons. The Morgan fingerprint density at radius 3 is 2.88 bits per heavy atom. The summed E-state index contributed by atoms with van der Waals surface area (Å²) >= 11 is 0. The first kappa shape index (κ1) is 12.4. The van der Waals surface area contributed by atoms with E-state index in [1.807, 2.05) is 12.4 Å². The van der Waals surface area contributed by atoms with Gasteiger partial charge in [0.1, 0.15) is 0 Å². The van der Waals surface area contributed by atoms with Gasteiger partial charge in [-0.3, -0.25) is 4.98 Å². The summed E-state index contributed by atoms with van der Waals surface area (Å²) in [6.45, 7) is 6.84. The number of nitrogens with one attached hydrogen (secondary N) is 1. The molecule has 17 heavy (non-hydrogen) atoms. The van der Waals surface area contributed by atoms with Crippen LogP contribution < -0.4 is 5.32 Å². The lowest BCUT2D eigenvalue weighted by molar-refractivity contribution is 0.264. The second-order valence-corrected chi connectivity index (χ2v) is 5.70. The summed E-state index contributed by atoms with van der Waals surface area (Å²) in [4.78, 5) is 4.20. The Balaban J connectivity index is 1.97. The van der Waals surface area contributed by atoms with Gasteiger partial charge in [0.15, 0.2) is 0 Å². The average Bonchev–Trinajstić information content (AvgIpc) is 2.32. The molecule has 1 aliphatic carbocycles. The van der Waals surface area contributed by atoms with Crippen LogP contribution in [0.25, 0.3) is 0 Å². The van der Waals surface area contributed by atoms with Crippen LogP contribution >= 0.6 is 0 Å². The molecule has 1 N–H and O–H groups in total. The van der Waals surface area contributed by atoms with Gasteiger partial charge in [-0.05, 0) is 43.2 Å². The Labute approximate surface area is 105 Å². The second-order valence-electron chi connectivity index (χ2n) is 5.70. The van der Waals surface area contributed by atoms with Gasteiger partial charge in [-0.25, -0.2) is 0 Å². The summed E-state index contributed by atoms with van der Waals surface area (Å²) < 4.78 is 0. The van der Waals surface area contributed by atoms with Crippen molar-refractivity contribution in [2.75, 3.05) is 5.32 Å². The van der Waals surface area contributed by atoms with Crippen molar-refractivity contribution in [3.63, 3.8) is 0 Å². The molecule has 2 rings (SSSR count). The van der Waals surface area contributed by atoms with E-state index in [0.29, 0.717) is 6.04 Å². The first-order chi connectivity index (χ1) is 8.16. The van der Waals surface area contributed by atoms with E-state index in [1.54, 1.807) is 0 Å². The standard InChI is InChI=1S/C15H24N2/c1-11(2)13-5-4-6-14(9-13)17-15-10-16-8-7-12(15)3/h7-8,10-11,13-14,17H,4-6,9H2,1-3H3. The van der Waals surface area contributed by atoms with Crippen LogP contribution in [0.2, 0.25) is 0 Å². The molecule has 2 nitrogen and oxygen atoms in total. The lowest BCUT2D eigenvalue weighted by Gasteiger charge is -2.32. The van der Waals surface area contributed by atoms with E-state index in [2.05, 4.69) is 37.1 Å². The van der Waals surface area contributed by atoms with Gasteiger partial charge in [0.2, 0.25) is 0 Å². The van der Waals surface area contributed by atoms with Gasteiger partial charge >= 0.3 is 0 Å². The summed E-state index contributed by atoms with van der Waals surface area (Å²) in [7, 11) is 0. The zero-order valence-electron chi connectivity index (χ0n) is 11.2. The average molecular weight is 232 g/mol. The van der Waals surface area contributed by atoms with Crippen LogP contribution in [-0.4, -0.2) is 11.0 Å². The van der Waals surface area contributed by atoms with E-state index < -0.39 is 0 Å². The topological polar surface area (TPSA) is 24.9 Å². The quantitative estimate of drug-likeness (QED) is 0.851. The number of hydrogen-bond donors (Lipinski definition) is 1. The first-order valence-electron chi connectivity index (χ1n) is 6.84. The van der Waals surface area contributed by atoms with E-state index in [1.165, 1.54) is 36.9 Å². The lowest BCUT2D eigenvalue weighted by Crippen LogP contribution is -2.29. The van der Waals surface area contributed by atoms with E-state index in [4.69, 9.17) is 0 Å². The minimum Gasteiger partial charge on any atom is -0.381 e. The third kappa shape index (κ3) is 3.21. The molecule has 0 bridgehead atoms. The molecule has 0 aromatic carbocycles. The molecule has 2 heteroatoms. The Kier molecular flexibility index (Phi) is 4.03. The molecule has 94 valence electrons. The predicted molar refractivity (Wildman–Crippen MR) is 73.2 cm³/mol. The largest absolute Gasteiger partial charge is 0.381 e. The number of pyridine rings is 1. The Bertz CT molecular complexity index is 360. The zero-order chi connectivity index (χ0) is 12.3. The third-order valence-electron chi connectivity index (χ3n) is 4.06. The van der Waals surface area contributed by atoms with E-state index in [-0.39, 0.29) is 0 Å². The molecule has 2 atom stereocenters. The maximum atomic E-state index is 4.20. The van der Waals surface area contributed by atoms with Gasteiger partial charge in [-0.2, -0.15) is 0 Å². The van der Waals surface area contributed by atoms with Gasteiger partial charge < -0.3 is 5.32 Å². The van der Waals surface area contributed by atoms with Gasteiger partial charge in [-0.1, -0.05) is 26.7 Å². The number of rotatable bonds is 3. The van der Waals surface area contributed by atoms with E-state index in [9.17, 15) is 0 Å².